The summed E-state index contributed by atoms with van der Waals surface area (Å²) in [5.41, 5.74) is 5.11. The number of methoxy groups -OCH3 is 1. The Morgan fingerprint density at radius 1 is 1.09 bits per heavy atom. The number of halogens is 2. The zero-order valence-corrected chi connectivity index (χ0v) is 20.2. The van der Waals surface area contributed by atoms with Crippen LogP contribution in [0.3, 0.4) is 0 Å². The molecule has 0 radical (unpaired) electrons. The van der Waals surface area contributed by atoms with Crippen LogP contribution in [0.25, 0.3) is 0 Å². The van der Waals surface area contributed by atoms with Crippen LogP contribution < -0.4 is 20.2 Å². The summed E-state index contributed by atoms with van der Waals surface area (Å²) >= 11 is 9.50. The van der Waals surface area contributed by atoms with E-state index >= 15 is 0 Å². The largest absolute Gasteiger partial charge is 0.493 e. The monoisotopic (exact) mass is 529 g/mol. The smallest absolute Gasteiger partial charge is 0.329 e. The molecule has 2 amide bonds. The van der Waals surface area contributed by atoms with Crippen molar-refractivity contribution in [2.24, 2.45) is 5.10 Å². The van der Waals surface area contributed by atoms with Gasteiger partial charge in [0, 0.05) is 10.7 Å². The van der Waals surface area contributed by atoms with Gasteiger partial charge in [0.2, 0.25) is 0 Å². The molecule has 0 saturated heterocycles. The molecule has 7 nitrogen and oxygen atoms in total. The van der Waals surface area contributed by atoms with E-state index in [2.05, 4.69) is 31.8 Å². The number of hydrogen-bond acceptors (Lipinski definition) is 5. The number of benzene rings is 3. The maximum absolute atomic E-state index is 12.1. The number of nitrogens with one attached hydrogen (secondary N) is 2. The van der Waals surface area contributed by atoms with Gasteiger partial charge in [0.1, 0.15) is 6.61 Å². The van der Waals surface area contributed by atoms with Gasteiger partial charge in [-0.3, -0.25) is 9.59 Å². The first-order chi connectivity index (χ1) is 15.9. The molecule has 0 spiro atoms. The van der Waals surface area contributed by atoms with Crippen molar-refractivity contribution in [1.29, 1.82) is 0 Å². The molecule has 2 N–H and O–H groups in total. The summed E-state index contributed by atoms with van der Waals surface area (Å²) in [5, 5.41) is 6.80. The molecule has 0 unspecified atom stereocenters. The summed E-state index contributed by atoms with van der Waals surface area (Å²) in [5.74, 6) is -0.756. The van der Waals surface area contributed by atoms with Crippen molar-refractivity contribution in [3.63, 3.8) is 0 Å². The number of anilines is 1. The molecule has 0 aromatic heterocycles. The molecule has 0 fully saturated rings. The first-order valence-electron chi connectivity index (χ1n) is 9.82. The van der Waals surface area contributed by atoms with E-state index in [4.69, 9.17) is 21.1 Å². The zero-order chi connectivity index (χ0) is 23.8. The van der Waals surface area contributed by atoms with Crippen LogP contribution >= 0.6 is 27.5 Å². The predicted octanol–water partition coefficient (Wildman–Crippen LogP) is 5.09. The minimum Gasteiger partial charge on any atom is -0.493 e. The molecule has 3 aromatic carbocycles. The minimum atomic E-state index is -0.920. The molecule has 33 heavy (non-hydrogen) atoms. The Morgan fingerprint density at radius 2 is 1.85 bits per heavy atom. The number of carbonyl (C=O) groups is 2. The summed E-state index contributed by atoms with van der Waals surface area (Å²) in [6, 6.07) is 18.2. The molecule has 0 aliphatic heterocycles. The summed E-state index contributed by atoms with van der Waals surface area (Å²) < 4.78 is 12.0. The van der Waals surface area contributed by atoms with E-state index in [1.807, 2.05) is 37.3 Å². The third-order valence-corrected chi connectivity index (χ3v) is 5.49. The average Bonchev–Trinajstić information content (AvgIpc) is 2.81. The summed E-state index contributed by atoms with van der Waals surface area (Å²) in [6.07, 6.45) is 1.39. The third kappa shape index (κ3) is 6.81. The second kappa shape index (κ2) is 11.5. The van der Waals surface area contributed by atoms with E-state index in [0.29, 0.717) is 38.9 Å². The van der Waals surface area contributed by atoms with Crippen molar-refractivity contribution in [2.45, 2.75) is 13.5 Å². The lowest BCUT2D eigenvalue weighted by atomic mass is 10.2. The molecule has 0 heterocycles. The number of nitrogens with zero attached hydrogens (tertiary/aromatic N) is 1. The topological polar surface area (TPSA) is 89.0 Å². The van der Waals surface area contributed by atoms with Crippen LogP contribution in [0.1, 0.15) is 16.7 Å². The van der Waals surface area contributed by atoms with Gasteiger partial charge in [-0.2, -0.15) is 5.10 Å². The Morgan fingerprint density at radius 3 is 2.55 bits per heavy atom. The lowest BCUT2D eigenvalue weighted by Gasteiger charge is -2.13. The van der Waals surface area contributed by atoms with Crippen molar-refractivity contribution in [3.05, 3.63) is 86.8 Å². The van der Waals surface area contributed by atoms with Crippen molar-refractivity contribution in [1.82, 2.24) is 5.43 Å². The first kappa shape index (κ1) is 24.3. The van der Waals surface area contributed by atoms with Gasteiger partial charge >= 0.3 is 11.8 Å². The van der Waals surface area contributed by atoms with Crippen LogP contribution in [-0.2, 0) is 16.2 Å². The Hall–Kier alpha value is -3.36. The van der Waals surface area contributed by atoms with Crippen molar-refractivity contribution in [2.75, 3.05) is 12.4 Å². The minimum absolute atomic E-state index is 0.376. The Kier molecular flexibility index (Phi) is 8.46. The highest BCUT2D eigenvalue weighted by atomic mass is 79.9. The summed E-state index contributed by atoms with van der Waals surface area (Å²) in [4.78, 5) is 24.1. The van der Waals surface area contributed by atoms with E-state index in [1.54, 1.807) is 30.3 Å². The molecule has 3 aromatic rings. The average molecular weight is 531 g/mol. The number of aryl methyl sites for hydroxylation is 1. The van der Waals surface area contributed by atoms with Crippen LogP contribution in [0.5, 0.6) is 11.5 Å². The van der Waals surface area contributed by atoms with Crippen LogP contribution in [0.15, 0.2) is 70.2 Å². The number of amides is 2. The number of carbonyl (C=O) groups excluding carboxylic acids is 2. The number of hydrazone groups is 1. The maximum atomic E-state index is 12.1. The van der Waals surface area contributed by atoms with E-state index in [-0.39, 0.29) is 0 Å². The van der Waals surface area contributed by atoms with Crippen molar-refractivity contribution < 1.29 is 19.1 Å². The Balaban J connectivity index is 1.61. The van der Waals surface area contributed by atoms with Gasteiger partial charge in [-0.1, -0.05) is 48.0 Å². The second-order valence-corrected chi connectivity index (χ2v) is 8.19. The molecule has 0 atom stereocenters. The fraction of sp³-hybridized carbons (Fsp3) is 0.125. The molecule has 0 bridgehead atoms. The number of hydrogen-bond donors (Lipinski definition) is 2. The zero-order valence-electron chi connectivity index (χ0n) is 17.9. The highest BCUT2D eigenvalue weighted by Gasteiger charge is 2.14. The van der Waals surface area contributed by atoms with Gasteiger partial charge in [-0.25, -0.2) is 5.43 Å². The molecular weight excluding hydrogens is 510 g/mol. The highest BCUT2D eigenvalue weighted by Crippen LogP contribution is 2.36. The van der Waals surface area contributed by atoms with E-state index in [0.717, 1.165) is 11.1 Å². The van der Waals surface area contributed by atoms with Gasteiger partial charge in [-0.05, 0) is 63.8 Å². The number of rotatable bonds is 7. The second-order valence-electron chi connectivity index (χ2n) is 6.93. The Bertz CT molecular complexity index is 1190. The fourth-order valence-corrected chi connectivity index (χ4v) is 3.51. The van der Waals surface area contributed by atoms with Gasteiger partial charge in [0.15, 0.2) is 11.5 Å². The molecule has 0 aliphatic carbocycles. The van der Waals surface area contributed by atoms with Crippen molar-refractivity contribution >= 4 is 51.2 Å². The van der Waals surface area contributed by atoms with E-state index < -0.39 is 11.8 Å². The van der Waals surface area contributed by atoms with Crippen LogP contribution in [-0.4, -0.2) is 25.1 Å². The summed E-state index contributed by atoms with van der Waals surface area (Å²) in [6.45, 7) is 2.21. The Labute approximate surface area is 204 Å². The van der Waals surface area contributed by atoms with Gasteiger partial charge < -0.3 is 14.8 Å². The van der Waals surface area contributed by atoms with E-state index in [9.17, 15) is 9.59 Å². The SMILES string of the molecule is COc1cc(C=NNC(=O)C(=O)Nc2ccc(C)c(Cl)c2)cc(Br)c1OCc1ccccc1. The normalized spacial score (nSPS) is 10.7. The molecular formula is C24H21BrClN3O4. The lowest BCUT2D eigenvalue weighted by molar-refractivity contribution is -0.136. The fourth-order valence-electron chi connectivity index (χ4n) is 2.76. The van der Waals surface area contributed by atoms with Crippen LogP contribution in [0.4, 0.5) is 5.69 Å². The molecule has 170 valence electrons. The van der Waals surface area contributed by atoms with E-state index in [1.165, 1.54) is 13.3 Å². The summed E-state index contributed by atoms with van der Waals surface area (Å²) in [7, 11) is 1.53. The third-order valence-electron chi connectivity index (χ3n) is 4.49. The molecule has 3 rings (SSSR count). The van der Waals surface area contributed by atoms with Gasteiger partial charge in [0.05, 0.1) is 17.8 Å². The molecule has 0 saturated carbocycles. The van der Waals surface area contributed by atoms with Gasteiger partial charge in [-0.15, -0.1) is 0 Å². The lowest BCUT2D eigenvalue weighted by Crippen LogP contribution is -2.32. The van der Waals surface area contributed by atoms with Crippen molar-refractivity contribution in [3.8, 4) is 11.5 Å². The molecule has 9 heteroatoms. The first-order valence-corrected chi connectivity index (χ1v) is 11.0. The predicted molar refractivity (Wildman–Crippen MR) is 132 cm³/mol. The van der Waals surface area contributed by atoms with Crippen LogP contribution in [0.2, 0.25) is 5.02 Å². The maximum Gasteiger partial charge on any atom is 0.329 e. The standard InChI is InChI=1S/C24H21BrClN3O4/c1-15-8-9-18(12-20(15)26)28-23(30)24(31)29-27-13-17-10-19(25)22(21(11-17)32-2)33-14-16-6-4-3-5-7-16/h3-13H,14H2,1-2H3,(H,28,30)(H,29,31). The van der Waals surface area contributed by atoms with Crippen LogP contribution in [0, 0.1) is 6.92 Å². The molecule has 0 aliphatic rings. The quantitative estimate of drug-likeness (QED) is 0.253. The van der Waals surface area contributed by atoms with Gasteiger partial charge in [0.25, 0.3) is 0 Å². The highest BCUT2D eigenvalue weighted by molar-refractivity contribution is 9.10. The number of ether oxygens (including phenoxy) is 2.